The molecule has 1 atom stereocenters. The minimum absolute atomic E-state index is 0.271. The molecule has 3 aromatic heterocycles. The Kier molecular flexibility index (Phi) is 4.74. The van der Waals surface area contributed by atoms with Crippen LogP contribution in [0.5, 0.6) is 0 Å². The summed E-state index contributed by atoms with van der Waals surface area (Å²) in [5, 5.41) is 6.91. The summed E-state index contributed by atoms with van der Waals surface area (Å²) < 4.78 is 33.3. The molecule has 4 heterocycles. The molecular weight excluding hydrogens is 418 g/mol. The Morgan fingerprint density at radius 2 is 2.06 bits per heavy atom. The summed E-state index contributed by atoms with van der Waals surface area (Å²) in [7, 11) is 0. The van der Waals surface area contributed by atoms with E-state index in [4.69, 9.17) is 4.52 Å². The van der Waals surface area contributed by atoms with Gasteiger partial charge in [0, 0.05) is 17.4 Å². The second-order valence-electron chi connectivity index (χ2n) is 7.95. The van der Waals surface area contributed by atoms with Crippen LogP contribution in [0.4, 0.5) is 14.5 Å². The lowest BCUT2D eigenvalue weighted by Gasteiger charge is -2.41. The molecule has 4 aromatic rings. The summed E-state index contributed by atoms with van der Waals surface area (Å²) in [5.74, 6) is -2.37. The number of aromatic nitrogens is 4. The molecule has 0 saturated carbocycles. The van der Waals surface area contributed by atoms with Gasteiger partial charge in [-0.1, -0.05) is 23.4 Å². The molecule has 0 aliphatic carbocycles. The molecule has 8 nitrogen and oxygen atoms in total. The topological polar surface area (TPSA) is 88.6 Å². The number of anilines is 1. The maximum Gasteiger partial charge on any atom is 0.274 e. The first-order chi connectivity index (χ1) is 15.3. The van der Waals surface area contributed by atoms with Crippen molar-refractivity contribution in [3.8, 4) is 11.4 Å². The number of carbonyl (C=O) groups is 1. The highest BCUT2D eigenvalue weighted by Gasteiger charge is 2.47. The fourth-order valence-electron chi connectivity index (χ4n) is 3.68. The molecule has 0 bridgehead atoms. The predicted molar refractivity (Wildman–Crippen MR) is 113 cm³/mol. The highest BCUT2D eigenvalue weighted by atomic mass is 19.3. The van der Waals surface area contributed by atoms with Crippen molar-refractivity contribution in [3.05, 3.63) is 65.9 Å². The van der Waals surface area contributed by atoms with Crippen molar-refractivity contribution in [1.29, 1.82) is 0 Å². The van der Waals surface area contributed by atoms with Crippen LogP contribution in [0.1, 0.15) is 34.9 Å². The first-order valence-electron chi connectivity index (χ1n) is 10.1. The molecule has 10 heteroatoms. The van der Waals surface area contributed by atoms with Crippen molar-refractivity contribution in [3.63, 3.8) is 0 Å². The van der Waals surface area contributed by atoms with Gasteiger partial charge in [0.05, 0.1) is 25.3 Å². The lowest BCUT2D eigenvalue weighted by Crippen LogP contribution is -2.56. The summed E-state index contributed by atoms with van der Waals surface area (Å²) in [6, 6.07) is 10.5. The van der Waals surface area contributed by atoms with Gasteiger partial charge < -0.3 is 9.84 Å². The third-order valence-electron chi connectivity index (χ3n) is 5.61. The van der Waals surface area contributed by atoms with Crippen LogP contribution in [0.25, 0.3) is 17.0 Å². The first kappa shape index (κ1) is 20.3. The minimum atomic E-state index is -2.66. The van der Waals surface area contributed by atoms with E-state index in [1.165, 1.54) is 6.20 Å². The van der Waals surface area contributed by atoms with Crippen molar-refractivity contribution in [2.24, 2.45) is 0 Å². The lowest BCUT2D eigenvalue weighted by molar-refractivity contribution is -0.147. The van der Waals surface area contributed by atoms with Crippen molar-refractivity contribution < 1.29 is 18.1 Å². The van der Waals surface area contributed by atoms with E-state index >= 15 is 0 Å². The van der Waals surface area contributed by atoms with Gasteiger partial charge >= 0.3 is 0 Å². The van der Waals surface area contributed by atoms with Crippen LogP contribution in [-0.2, 0) is 0 Å². The molecule has 1 aromatic carbocycles. The third-order valence-corrected chi connectivity index (χ3v) is 5.61. The maximum atomic E-state index is 13.2. The first-order valence-corrected chi connectivity index (χ1v) is 10.1. The monoisotopic (exact) mass is 438 g/mol. The van der Waals surface area contributed by atoms with Gasteiger partial charge in [0.2, 0.25) is 11.7 Å². The number of likely N-dealkylation sites (tertiary alicyclic amines) is 1. The Balaban J connectivity index is 1.36. The van der Waals surface area contributed by atoms with Gasteiger partial charge in [-0.15, -0.1) is 0 Å². The summed E-state index contributed by atoms with van der Waals surface area (Å²) in [5.41, 5.74) is 3.18. The maximum absolute atomic E-state index is 13.2. The number of nitrogens with zero attached hydrogens (tertiary/aromatic N) is 5. The van der Waals surface area contributed by atoms with Crippen LogP contribution in [0.3, 0.4) is 0 Å². The van der Waals surface area contributed by atoms with E-state index < -0.39 is 12.0 Å². The molecule has 5 rings (SSSR count). The standard InChI is InChI=1S/C22H20F2N6O2/c1-13-6-7-15(19-27-21(32-28-19)14(2)29-11-22(23,24)12-29)9-16(13)26-20(31)17-10-25-18-5-3-4-8-30(17)18/h3-10,14H,11-12H2,1-2H3,(H,26,31)/t14-/m1/s1. The molecule has 164 valence electrons. The SMILES string of the molecule is Cc1ccc(-c2noc([C@@H](C)N3CC(F)(F)C3)n2)cc1NC(=O)c1cnc2ccccn12. The average Bonchev–Trinajstić information content (AvgIpc) is 3.40. The van der Waals surface area contributed by atoms with Gasteiger partial charge in [-0.05, 0) is 37.6 Å². The summed E-state index contributed by atoms with van der Waals surface area (Å²) in [6.45, 7) is 2.98. The predicted octanol–water partition coefficient (Wildman–Crippen LogP) is 3.96. The molecule has 0 radical (unpaired) electrons. The molecule has 1 fully saturated rings. The van der Waals surface area contributed by atoms with E-state index in [9.17, 15) is 13.6 Å². The van der Waals surface area contributed by atoms with Gasteiger partial charge in [-0.25, -0.2) is 13.8 Å². The normalized spacial score (nSPS) is 16.6. The van der Waals surface area contributed by atoms with Crippen molar-refractivity contribution >= 4 is 17.2 Å². The molecule has 1 saturated heterocycles. The Labute approximate surface area is 181 Å². The Morgan fingerprint density at radius 1 is 1.25 bits per heavy atom. The fourth-order valence-corrected chi connectivity index (χ4v) is 3.68. The van der Waals surface area contributed by atoms with E-state index in [2.05, 4.69) is 20.4 Å². The zero-order valence-corrected chi connectivity index (χ0v) is 17.4. The lowest BCUT2D eigenvalue weighted by atomic mass is 10.1. The smallest absolute Gasteiger partial charge is 0.274 e. The van der Waals surface area contributed by atoms with Crippen LogP contribution >= 0.6 is 0 Å². The highest BCUT2D eigenvalue weighted by Crippen LogP contribution is 2.34. The number of amides is 1. The van der Waals surface area contributed by atoms with Crippen molar-refractivity contribution in [2.75, 3.05) is 18.4 Å². The van der Waals surface area contributed by atoms with Gasteiger partial charge in [-0.2, -0.15) is 4.98 Å². The number of carbonyl (C=O) groups excluding carboxylic acids is 1. The Bertz CT molecular complexity index is 1310. The molecule has 1 aliphatic rings. The number of hydrogen-bond donors (Lipinski definition) is 1. The van der Waals surface area contributed by atoms with Crippen LogP contribution in [-0.4, -0.2) is 49.3 Å². The van der Waals surface area contributed by atoms with Gasteiger partial charge in [0.15, 0.2) is 0 Å². The van der Waals surface area contributed by atoms with Crippen LogP contribution in [0, 0.1) is 6.92 Å². The minimum Gasteiger partial charge on any atom is -0.337 e. The molecular formula is C22H20F2N6O2. The third kappa shape index (κ3) is 3.62. The molecule has 1 aliphatic heterocycles. The van der Waals surface area contributed by atoms with E-state index in [0.717, 1.165) is 5.56 Å². The zero-order valence-electron chi connectivity index (χ0n) is 17.4. The van der Waals surface area contributed by atoms with Gasteiger partial charge in [0.25, 0.3) is 11.8 Å². The van der Waals surface area contributed by atoms with E-state index in [1.807, 2.05) is 37.3 Å². The summed E-state index contributed by atoms with van der Waals surface area (Å²) in [6.07, 6.45) is 3.30. The molecule has 0 spiro atoms. The molecule has 32 heavy (non-hydrogen) atoms. The summed E-state index contributed by atoms with van der Waals surface area (Å²) in [4.78, 5) is 23.1. The van der Waals surface area contributed by atoms with Crippen molar-refractivity contribution in [1.82, 2.24) is 24.4 Å². The van der Waals surface area contributed by atoms with Crippen LogP contribution in [0.2, 0.25) is 0 Å². The van der Waals surface area contributed by atoms with E-state index in [1.54, 1.807) is 28.5 Å². The quantitative estimate of drug-likeness (QED) is 0.508. The van der Waals surface area contributed by atoms with Crippen LogP contribution in [0.15, 0.2) is 53.3 Å². The van der Waals surface area contributed by atoms with E-state index in [0.29, 0.717) is 28.4 Å². The van der Waals surface area contributed by atoms with E-state index in [-0.39, 0.29) is 24.9 Å². The Hall–Kier alpha value is -3.66. The number of pyridine rings is 1. The number of hydrogen-bond acceptors (Lipinski definition) is 6. The average molecular weight is 438 g/mol. The summed E-state index contributed by atoms with van der Waals surface area (Å²) >= 11 is 0. The number of rotatable bonds is 5. The molecule has 1 N–H and O–H groups in total. The fraction of sp³-hybridized carbons (Fsp3) is 0.273. The Morgan fingerprint density at radius 3 is 2.84 bits per heavy atom. The number of nitrogens with one attached hydrogen (secondary N) is 1. The number of halogens is 2. The van der Waals surface area contributed by atoms with Crippen molar-refractivity contribution in [2.45, 2.75) is 25.8 Å². The number of alkyl halides is 2. The number of fused-ring (bicyclic) bond motifs is 1. The second-order valence-corrected chi connectivity index (χ2v) is 7.95. The number of aryl methyl sites for hydroxylation is 1. The number of benzene rings is 1. The van der Waals surface area contributed by atoms with Gasteiger partial charge in [0.1, 0.15) is 11.3 Å². The molecule has 0 unspecified atom stereocenters. The second kappa shape index (κ2) is 7.49. The zero-order chi connectivity index (χ0) is 22.5. The highest BCUT2D eigenvalue weighted by molar-refractivity contribution is 6.04. The number of imidazole rings is 1. The van der Waals surface area contributed by atoms with Gasteiger partial charge in [-0.3, -0.25) is 14.1 Å². The largest absolute Gasteiger partial charge is 0.337 e. The molecule has 1 amide bonds. The van der Waals surface area contributed by atoms with Crippen LogP contribution < -0.4 is 5.32 Å².